The smallest absolute Gasteiger partial charge is 0.246 e. The molecule has 10 heteroatoms. The van der Waals surface area contributed by atoms with Gasteiger partial charge in [0.05, 0.1) is 24.9 Å². The van der Waals surface area contributed by atoms with Gasteiger partial charge in [-0.3, -0.25) is 4.68 Å². The molecule has 142 valence electrons. The third-order valence-electron chi connectivity index (χ3n) is 5.14. The van der Waals surface area contributed by atoms with Gasteiger partial charge in [-0.05, 0) is 13.3 Å². The molecule has 1 fully saturated rings. The van der Waals surface area contributed by atoms with Crippen LogP contribution in [0.4, 0.5) is 0 Å². The lowest BCUT2D eigenvalue weighted by atomic mass is 10.2. The number of nitrogens with zero attached hydrogens (tertiary/aromatic N) is 6. The van der Waals surface area contributed by atoms with E-state index in [1.807, 2.05) is 11.5 Å². The first kappa shape index (κ1) is 17.6. The molecule has 2 aromatic rings. The van der Waals surface area contributed by atoms with Crippen molar-refractivity contribution in [1.29, 1.82) is 0 Å². The van der Waals surface area contributed by atoms with Crippen LogP contribution in [0.25, 0.3) is 0 Å². The van der Waals surface area contributed by atoms with Crippen molar-refractivity contribution in [2.45, 2.75) is 56.6 Å². The van der Waals surface area contributed by atoms with Gasteiger partial charge in [-0.25, -0.2) is 8.42 Å². The molecule has 26 heavy (non-hydrogen) atoms. The summed E-state index contributed by atoms with van der Waals surface area (Å²) in [5.41, 5.74) is 0. The monoisotopic (exact) mass is 380 g/mol. The van der Waals surface area contributed by atoms with E-state index in [2.05, 4.69) is 29.1 Å². The highest BCUT2D eigenvalue weighted by Gasteiger charge is 2.37. The van der Waals surface area contributed by atoms with Gasteiger partial charge in [0, 0.05) is 31.8 Å². The van der Waals surface area contributed by atoms with E-state index in [0.717, 1.165) is 12.2 Å². The minimum Gasteiger partial charge on any atom is -0.379 e. The van der Waals surface area contributed by atoms with E-state index in [0.29, 0.717) is 32.1 Å². The summed E-state index contributed by atoms with van der Waals surface area (Å²) >= 11 is 0. The Hall–Kier alpha value is -1.78. The summed E-state index contributed by atoms with van der Waals surface area (Å²) in [4.78, 5) is 0.216. The third kappa shape index (κ3) is 2.76. The molecule has 2 aromatic heterocycles. The van der Waals surface area contributed by atoms with Gasteiger partial charge in [-0.1, -0.05) is 13.8 Å². The Bertz CT molecular complexity index is 897. The molecule has 0 bridgehead atoms. The summed E-state index contributed by atoms with van der Waals surface area (Å²) in [6.07, 6.45) is 3.89. The fourth-order valence-corrected chi connectivity index (χ4v) is 5.19. The maximum atomic E-state index is 13.2. The number of hydrogen-bond donors (Lipinski definition) is 0. The number of hydrogen-bond acceptors (Lipinski definition) is 6. The Balaban J connectivity index is 1.62. The first-order valence-electron chi connectivity index (χ1n) is 8.96. The van der Waals surface area contributed by atoms with Crippen molar-refractivity contribution in [2.24, 2.45) is 0 Å². The van der Waals surface area contributed by atoms with E-state index in [-0.39, 0.29) is 22.9 Å². The standard InChI is InChI=1S/C16H24N6O3S/c1-11(2)15-18-19-16-12(3)22(6-5-20(15)16)26(23,24)14-8-17-21(9-14)13-4-7-25-10-13/h8-9,11-13H,4-7,10H2,1-3H3. The van der Waals surface area contributed by atoms with Crippen LogP contribution in [0, 0.1) is 0 Å². The molecule has 2 unspecified atom stereocenters. The van der Waals surface area contributed by atoms with Gasteiger partial charge in [0.25, 0.3) is 0 Å². The zero-order valence-electron chi connectivity index (χ0n) is 15.2. The van der Waals surface area contributed by atoms with Crippen LogP contribution < -0.4 is 0 Å². The van der Waals surface area contributed by atoms with Crippen molar-refractivity contribution in [1.82, 2.24) is 28.9 Å². The highest BCUT2D eigenvalue weighted by atomic mass is 32.2. The minimum absolute atomic E-state index is 0.106. The van der Waals surface area contributed by atoms with Crippen molar-refractivity contribution in [2.75, 3.05) is 19.8 Å². The van der Waals surface area contributed by atoms with E-state index in [9.17, 15) is 8.42 Å². The fourth-order valence-electron chi connectivity index (χ4n) is 3.66. The zero-order chi connectivity index (χ0) is 18.5. The lowest BCUT2D eigenvalue weighted by Crippen LogP contribution is -2.41. The molecule has 0 spiro atoms. The second kappa shape index (κ2) is 6.43. The summed E-state index contributed by atoms with van der Waals surface area (Å²) in [7, 11) is -3.65. The molecule has 1 saturated heterocycles. The number of fused-ring (bicyclic) bond motifs is 1. The maximum Gasteiger partial charge on any atom is 0.246 e. The van der Waals surface area contributed by atoms with E-state index in [4.69, 9.17) is 4.74 Å². The maximum absolute atomic E-state index is 13.2. The summed E-state index contributed by atoms with van der Waals surface area (Å²) in [6, 6.07) is -0.263. The van der Waals surface area contributed by atoms with Crippen molar-refractivity contribution >= 4 is 10.0 Å². The van der Waals surface area contributed by atoms with E-state index in [1.54, 1.807) is 10.9 Å². The largest absolute Gasteiger partial charge is 0.379 e. The molecular formula is C16H24N6O3S. The third-order valence-corrected chi connectivity index (χ3v) is 7.06. The topological polar surface area (TPSA) is 95.1 Å². The summed E-state index contributed by atoms with van der Waals surface area (Å²) in [5.74, 6) is 1.84. The Morgan fingerprint density at radius 3 is 2.77 bits per heavy atom. The van der Waals surface area contributed by atoms with E-state index in [1.165, 1.54) is 10.5 Å². The van der Waals surface area contributed by atoms with Crippen molar-refractivity contribution in [3.05, 3.63) is 24.0 Å². The van der Waals surface area contributed by atoms with Gasteiger partial charge in [-0.15, -0.1) is 10.2 Å². The first-order valence-corrected chi connectivity index (χ1v) is 10.4. The second-order valence-corrected chi connectivity index (χ2v) is 9.08. The lowest BCUT2D eigenvalue weighted by molar-refractivity contribution is 0.184. The van der Waals surface area contributed by atoms with Gasteiger partial charge < -0.3 is 9.30 Å². The van der Waals surface area contributed by atoms with Crippen LogP contribution in [0.3, 0.4) is 0 Å². The van der Waals surface area contributed by atoms with Crippen LogP contribution >= 0.6 is 0 Å². The molecule has 0 saturated carbocycles. The van der Waals surface area contributed by atoms with Crippen molar-refractivity contribution in [3.63, 3.8) is 0 Å². The number of rotatable bonds is 4. The molecule has 4 rings (SSSR count). The van der Waals surface area contributed by atoms with Crippen LogP contribution in [0.5, 0.6) is 0 Å². The molecule has 0 amide bonds. The molecule has 0 N–H and O–H groups in total. The van der Waals surface area contributed by atoms with Crippen LogP contribution in [-0.2, 0) is 21.3 Å². The lowest BCUT2D eigenvalue weighted by Gasteiger charge is -2.32. The normalized spacial score (nSPS) is 24.3. The predicted molar refractivity (Wildman–Crippen MR) is 93.1 cm³/mol. The molecular weight excluding hydrogens is 356 g/mol. The van der Waals surface area contributed by atoms with Crippen molar-refractivity contribution < 1.29 is 13.2 Å². The average Bonchev–Trinajstić information content (AvgIpc) is 3.33. The molecule has 9 nitrogen and oxygen atoms in total. The fraction of sp³-hybridized carbons (Fsp3) is 0.688. The Labute approximate surface area is 153 Å². The zero-order valence-corrected chi connectivity index (χ0v) is 16.1. The average molecular weight is 380 g/mol. The van der Waals surface area contributed by atoms with Crippen LogP contribution in [0.2, 0.25) is 0 Å². The van der Waals surface area contributed by atoms with E-state index >= 15 is 0 Å². The quantitative estimate of drug-likeness (QED) is 0.794. The summed E-state index contributed by atoms with van der Waals surface area (Å²) in [5, 5.41) is 12.8. The predicted octanol–water partition coefficient (Wildman–Crippen LogP) is 1.32. The molecule has 0 radical (unpaired) electrons. The Morgan fingerprint density at radius 1 is 1.27 bits per heavy atom. The van der Waals surface area contributed by atoms with Gasteiger partial charge >= 0.3 is 0 Å². The molecule has 2 aliphatic rings. The number of ether oxygens (including phenoxy) is 1. The summed E-state index contributed by atoms with van der Waals surface area (Å²) < 4.78 is 36.9. The molecule has 2 atom stereocenters. The highest BCUT2D eigenvalue weighted by molar-refractivity contribution is 7.89. The minimum atomic E-state index is -3.65. The molecule has 0 aliphatic carbocycles. The van der Waals surface area contributed by atoms with Gasteiger partial charge in [0.15, 0.2) is 5.82 Å². The van der Waals surface area contributed by atoms with Crippen LogP contribution in [0.15, 0.2) is 17.3 Å². The molecule has 4 heterocycles. The van der Waals surface area contributed by atoms with Gasteiger partial charge in [0.2, 0.25) is 10.0 Å². The van der Waals surface area contributed by atoms with Gasteiger partial charge in [0.1, 0.15) is 10.7 Å². The molecule has 2 aliphatic heterocycles. The van der Waals surface area contributed by atoms with E-state index < -0.39 is 10.0 Å². The SMILES string of the molecule is CC(C)c1nnc2n1CCN(S(=O)(=O)c1cnn(C3CCOC3)c1)C2C. The van der Waals surface area contributed by atoms with Crippen LogP contribution in [-0.4, -0.2) is 57.0 Å². The second-order valence-electron chi connectivity index (χ2n) is 7.19. The first-order chi connectivity index (χ1) is 12.4. The number of sulfonamides is 1. The Morgan fingerprint density at radius 2 is 2.08 bits per heavy atom. The summed E-state index contributed by atoms with van der Waals surface area (Å²) in [6.45, 7) is 8.19. The van der Waals surface area contributed by atoms with Crippen LogP contribution in [0.1, 0.15) is 56.8 Å². The van der Waals surface area contributed by atoms with Crippen molar-refractivity contribution in [3.8, 4) is 0 Å². The Kier molecular flexibility index (Phi) is 4.36. The number of aromatic nitrogens is 5. The van der Waals surface area contributed by atoms with Gasteiger partial charge in [-0.2, -0.15) is 9.40 Å². The highest BCUT2D eigenvalue weighted by Crippen LogP contribution is 2.32. The molecule has 0 aromatic carbocycles.